The Morgan fingerprint density at radius 1 is 1.14 bits per heavy atom. The summed E-state index contributed by atoms with van der Waals surface area (Å²) < 4.78 is 1.83. The van der Waals surface area contributed by atoms with Crippen molar-refractivity contribution in [3.05, 3.63) is 59.6 Å². The molecule has 28 heavy (non-hydrogen) atoms. The highest BCUT2D eigenvalue weighted by molar-refractivity contribution is 7.13. The van der Waals surface area contributed by atoms with Gasteiger partial charge in [-0.3, -0.25) is 0 Å². The summed E-state index contributed by atoms with van der Waals surface area (Å²) in [6.45, 7) is 0. The molecule has 0 spiro atoms. The number of nitrogens with one attached hydrogen (secondary N) is 2. The van der Waals surface area contributed by atoms with E-state index in [4.69, 9.17) is 5.10 Å². The van der Waals surface area contributed by atoms with Crippen molar-refractivity contribution >= 4 is 23.6 Å². The molecular weight excluding hydrogens is 370 g/mol. The summed E-state index contributed by atoms with van der Waals surface area (Å²) in [6.07, 6.45) is 9.28. The minimum absolute atomic E-state index is 0.253. The normalized spacial score (nSPS) is 15.0. The molecule has 2 aromatic heterocycles. The highest BCUT2D eigenvalue weighted by Crippen LogP contribution is 2.26. The summed E-state index contributed by atoms with van der Waals surface area (Å²) in [5.74, 6) is 0. The third-order valence-electron chi connectivity index (χ3n) is 4.83. The Hall–Kier alpha value is -2.93. The molecule has 6 nitrogen and oxygen atoms in total. The summed E-state index contributed by atoms with van der Waals surface area (Å²) in [5, 5.41) is 13.9. The van der Waals surface area contributed by atoms with Crippen LogP contribution in [-0.2, 0) is 0 Å². The van der Waals surface area contributed by atoms with Crippen molar-refractivity contribution in [2.24, 2.45) is 5.10 Å². The van der Waals surface area contributed by atoms with Crippen LogP contribution in [0, 0.1) is 0 Å². The lowest BCUT2D eigenvalue weighted by Crippen LogP contribution is -2.41. The number of carbonyl (C=O) groups excluding carboxylic acids is 1. The molecule has 144 valence electrons. The van der Waals surface area contributed by atoms with Gasteiger partial charge in [0.25, 0.3) is 0 Å². The number of rotatable bonds is 5. The predicted octanol–water partition coefficient (Wildman–Crippen LogP) is 4.57. The van der Waals surface area contributed by atoms with E-state index in [9.17, 15) is 4.79 Å². The van der Waals surface area contributed by atoms with Crippen LogP contribution in [0.15, 0.2) is 59.1 Å². The lowest BCUT2D eigenvalue weighted by atomic mass is 9.96. The molecular formula is C21H23N5OS. The lowest BCUT2D eigenvalue weighted by Gasteiger charge is -2.22. The minimum atomic E-state index is -0.253. The van der Waals surface area contributed by atoms with Gasteiger partial charge in [-0.15, -0.1) is 11.3 Å². The Balaban J connectivity index is 1.49. The quantitative estimate of drug-likeness (QED) is 0.492. The molecule has 0 saturated heterocycles. The first kappa shape index (κ1) is 18.4. The van der Waals surface area contributed by atoms with Crippen LogP contribution in [-0.4, -0.2) is 28.1 Å². The number of hydrogen-bond acceptors (Lipinski definition) is 4. The summed E-state index contributed by atoms with van der Waals surface area (Å²) >= 11 is 1.62. The van der Waals surface area contributed by atoms with Gasteiger partial charge in [-0.05, 0) is 36.4 Å². The van der Waals surface area contributed by atoms with Crippen LogP contribution in [0.5, 0.6) is 0 Å². The molecule has 2 heterocycles. The van der Waals surface area contributed by atoms with Crippen molar-refractivity contribution < 1.29 is 4.79 Å². The van der Waals surface area contributed by atoms with E-state index in [0.717, 1.165) is 34.7 Å². The molecule has 0 radical (unpaired) electrons. The van der Waals surface area contributed by atoms with E-state index < -0.39 is 0 Å². The predicted molar refractivity (Wildman–Crippen MR) is 113 cm³/mol. The van der Waals surface area contributed by atoms with E-state index in [1.165, 1.54) is 19.3 Å². The fourth-order valence-corrected chi connectivity index (χ4v) is 4.16. The van der Waals surface area contributed by atoms with Gasteiger partial charge in [-0.1, -0.05) is 43.5 Å². The van der Waals surface area contributed by atoms with Gasteiger partial charge in [-0.2, -0.15) is 10.2 Å². The molecule has 7 heteroatoms. The second-order valence-electron chi connectivity index (χ2n) is 6.87. The fourth-order valence-electron chi connectivity index (χ4n) is 3.42. The van der Waals surface area contributed by atoms with Gasteiger partial charge in [0, 0.05) is 17.8 Å². The van der Waals surface area contributed by atoms with Gasteiger partial charge in [0.15, 0.2) is 0 Å². The standard InChI is InChI=1S/C21H23N5OS/c27-21(23-17-8-3-1-4-9-17)24-22-14-16-15-26(18-10-5-2-6-11-18)25-20(16)19-12-7-13-28-19/h2,5-7,10-15,17H,1,3-4,8-9H2,(H2,23,24,27). The number of amides is 2. The number of carbonyl (C=O) groups is 1. The van der Waals surface area contributed by atoms with Crippen LogP contribution in [0.3, 0.4) is 0 Å². The topological polar surface area (TPSA) is 71.3 Å². The number of aromatic nitrogens is 2. The summed E-state index contributed by atoms with van der Waals surface area (Å²) in [6, 6.07) is 14.0. The number of hydrogen-bond donors (Lipinski definition) is 2. The summed E-state index contributed by atoms with van der Waals surface area (Å²) in [4.78, 5) is 13.1. The zero-order valence-corrected chi connectivity index (χ0v) is 16.4. The van der Waals surface area contributed by atoms with Crippen LogP contribution in [0.1, 0.15) is 37.7 Å². The maximum atomic E-state index is 12.1. The first-order valence-corrected chi connectivity index (χ1v) is 10.5. The van der Waals surface area contributed by atoms with Crippen molar-refractivity contribution in [3.8, 4) is 16.3 Å². The van der Waals surface area contributed by atoms with E-state index in [-0.39, 0.29) is 12.1 Å². The first-order valence-electron chi connectivity index (χ1n) is 9.58. The van der Waals surface area contributed by atoms with Gasteiger partial charge in [0.1, 0.15) is 5.69 Å². The first-order chi connectivity index (χ1) is 13.8. The van der Waals surface area contributed by atoms with Crippen LogP contribution >= 0.6 is 11.3 Å². The van der Waals surface area contributed by atoms with Crippen LogP contribution in [0.4, 0.5) is 4.79 Å². The SMILES string of the molecule is O=C(NN=Cc1cn(-c2ccccc2)nc1-c1cccs1)NC1CCCCC1. The fraction of sp³-hybridized carbons (Fsp3) is 0.286. The maximum absolute atomic E-state index is 12.1. The molecule has 1 aliphatic carbocycles. The van der Waals surface area contributed by atoms with E-state index in [1.807, 2.05) is 58.7 Å². The molecule has 1 fully saturated rings. The molecule has 0 aliphatic heterocycles. The number of benzene rings is 1. The Labute approximate surface area is 168 Å². The van der Waals surface area contributed by atoms with Crippen LogP contribution in [0.25, 0.3) is 16.3 Å². The molecule has 1 saturated carbocycles. The molecule has 4 rings (SSSR count). The Kier molecular flexibility index (Phi) is 5.82. The van der Waals surface area contributed by atoms with Crippen molar-refractivity contribution in [1.29, 1.82) is 0 Å². The molecule has 0 bridgehead atoms. The highest BCUT2D eigenvalue weighted by atomic mass is 32.1. The van der Waals surface area contributed by atoms with Crippen LogP contribution in [0.2, 0.25) is 0 Å². The molecule has 1 aliphatic rings. The van der Waals surface area contributed by atoms with Gasteiger partial charge < -0.3 is 5.32 Å². The number of nitrogens with zero attached hydrogens (tertiary/aromatic N) is 3. The molecule has 2 amide bonds. The monoisotopic (exact) mass is 393 g/mol. The Bertz CT molecular complexity index is 927. The third-order valence-corrected chi connectivity index (χ3v) is 5.70. The smallest absolute Gasteiger partial charge is 0.334 e. The Morgan fingerprint density at radius 2 is 1.96 bits per heavy atom. The van der Waals surface area contributed by atoms with Gasteiger partial charge >= 0.3 is 6.03 Å². The number of urea groups is 1. The maximum Gasteiger partial charge on any atom is 0.335 e. The molecule has 3 aromatic rings. The second-order valence-corrected chi connectivity index (χ2v) is 7.82. The van der Waals surface area contributed by atoms with Crippen molar-refractivity contribution in [2.75, 3.05) is 0 Å². The van der Waals surface area contributed by atoms with E-state index in [0.29, 0.717) is 0 Å². The summed E-state index contributed by atoms with van der Waals surface area (Å²) in [7, 11) is 0. The zero-order valence-electron chi connectivity index (χ0n) is 15.5. The average molecular weight is 394 g/mol. The van der Waals surface area contributed by atoms with Crippen molar-refractivity contribution in [3.63, 3.8) is 0 Å². The highest BCUT2D eigenvalue weighted by Gasteiger charge is 2.15. The van der Waals surface area contributed by atoms with Crippen molar-refractivity contribution in [2.45, 2.75) is 38.1 Å². The average Bonchev–Trinajstić information content (AvgIpc) is 3.39. The van der Waals surface area contributed by atoms with E-state index in [2.05, 4.69) is 15.8 Å². The van der Waals surface area contributed by atoms with Gasteiger partial charge in [0.05, 0.1) is 16.8 Å². The zero-order chi connectivity index (χ0) is 19.2. The van der Waals surface area contributed by atoms with E-state index >= 15 is 0 Å². The van der Waals surface area contributed by atoms with Gasteiger partial charge in [-0.25, -0.2) is 14.9 Å². The van der Waals surface area contributed by atoms with Crippen LogP contribution < -0.4 is 10.7 Å². The number of thiophene rings is 1. The molecule has 2 N–H and O–H groups in total. The molecule has 0 atom stereocenters. The van der Waals surface area contributed by atoms with Gasteiger partial charge in [0.2, 0.25) is 0 Å². The second kappa shape index (κ2) is 8.84. The largest absolute Gasteiger partial charge is 0.335 e. The summed E-state index contributed by atoms with van der Waals surface area (Å²) in [5.41, 5.74) is 5.26. The minimum Gasteiger partial charge on any atom is -0.334 e. The third kappa shape index (κ3) is 4.48. The van der Waals surface area contributed by atoms with Crippen molar-refractivity contribution in [1.82, 2.24) is 20.5 Å². The number of para-hydroxylation sites is 1. The Morgan fingerprint density at radius 3 is 2.71 bits per heavy atom. The molecule has 1 aromatic carbocycles. The number of hydrazone groups is 1. The molecule has 0 unspecified atom stereocenters. The lowest BCUT2D eigenvalue weighted by molar-refractivity contribution is 0.233. The van der Waals surface area contributed by atoms with E-state index in [1.54, 1.807) is 17.6 Å².